The van der Waals surface area contributed by atoms with Crippen molar-refractivity contribution in [2.75, 3.05) is 0 Å². The molecular formula is C14H18O3. The van der Waals surface area contributed by atoms with Gasteiger partial charge in [-0.2, -0.15) is 0 Å². The van der Waals surface area contributed by atoms with Crippen LogP contribution in [0.15, 0.2) is 0 Å². The number of Topliss-reactive ketones (excluding diaryl/α,β-unsaturated/α-hetero) is 1. The molecule has 0 spiro atoms. The summed E-state index contributed by atoms with van der Waals surface area (Å²) in [4.78, 5) is 24.0. The second-order valence-electron chi connectivity index (χ2n) is 7.21. The maximum atomic E-state index is 12.6. The van der Waals surface area contributed by atoms with Crippen LogP contribution >= 0.6 is 0 Å². The summed E-state index contributed by atoms with van der Waals surface area (Å²) in [5.74, 6) is 1.22. The number of carbonyl (C=O) groups excluding carboxylic acids is 2. The molecule has 3 nitrogen and oxygen atoms in total. The van der Waals surface area contributed by atoms with E-state index in [-0.39, 0.29) is 29.0 Å². The van der Waals surface area contributed by atoms with Crippen molar-refractivity contribution in [2.45, 2.75) is 32.8 Å². The fraction of sp³-hybridized carbons (Fsp3) is 0.857. The molecule has 4 saturated carbocycles. The number of ketones is 1. The van der Waals surface area contributed by atoms with Crippen molar-refractivity contribution in [1.82, 2.24) is 0 Å². The lowest BCUT2D eigenvalue weighted by Gasteiger charge is -2.46. The van der Waals surface area contributed by atoms with Crippen LogP contribution in [0.3, 0.4) is 0 Å². The molecule has 0 aromatic carbocycles. The lowest BCUT2D eigenvalue weighted by atomic mass is 9.59. The van der Waals surface area contributed by atoms with Crippen molar-refractivity contribution in [2.24, 2.45) is 40.4 Å². The fourth-order valence-electron chi connectivity index (χ4n) is 6.28. The molecule has 0 heterocycles. The number of hydrogen-bond acceptors (Lipinski definition) is 3. The highest BCUT2D eigenvalue weighted by molar-refractivity contribution is 5.97. The molecular weight excluding hydrogens is 216 g/mol. The van der Waals surface area contributed by atoms with Gasteiger partial charge in [0.15, 0.2) is 0 Å². The van der Waals surface area contributed by atoms with Crippen molar-refractivity contribution in [3.63, 3.8) is 0 Å². The van der Waals surface area contributed by atoms with Crippen LogP contribution in [0.4, 0.5) is 0 Å². The Labute approximate surface area is 101 Å². The Morgan fingerprint density at radius 1 is 1.29 bits per heavy atom. The molecule has 4 bridgehead atoms. The molecule has 0 aromatic rings. The molecule has 6 unspecified atom stereocenters. The van der Waals surface area contributed by atoms with E-state index >= 15 is 0 Å². The number of rotatable bonds is 1. The Kier molecular flexibility index (Phi) is 1.36. The van der Waals surface area contributed by atoms with E-state index in [0.717, 1.165) is 12.7 Å². The minimum Gasteiger partial charge on any atom is -0.388 e. The fourth-order valence-corrected chi connectivity index (χ4v) is 6.28. The van der Waals surface area contributed by atoms with Crippen LogP contribution in [0.25, 0.3) is 0 Å². The summed E-state index contributed by atoms with van der Waals surface area (Å²) in [5.41, 5.74) is -2.12. The number of aliphatic hydroxyl groups is 1. The van der Waals surface area contributed by atoms with Gasteiger partial charge in [-0.15, -0.1) is 0 Å². The Balaban J connectivity index is 2.01. The highest BCUT2D eigenvalue weighted by Crippen LogP contribution is 2.85. The van der Waals surface area contributed by atoms with Crippen LogP contribution in [0.1, 0.15) is 27.2 Å². The standard InChI is InChI=1S/C14H18O3/c1-12-8(5-15)14(3,17)13(2)10(12)7-4-6(7)9(12)11(13)16/h5-10,17H,4H2,1-3H3/t6?,7?,8-,9?,10?,12?,13?,14-/m1/s1. The summed E-state index contributed by atoms with van der Waals surface area (Å²) in [6.07, 6.45) is 2.04. The molecule has 0 aliphatic heterocycles. The van der Waals surface area contributed by atoms with E-state index in [1.807, 2.05) is 6.92 Å². The third-order valence-corrected chi connectivity index (χ3v) is 6.97. The highest BCUT2D eigenvalue weighted by Gasteiger charge is 2.89. The third kappa shape index (κ3) is 0.655. The van der Waals surface area contributed by atoms with Gasteiger partial charge < -0.3 is 9.90 Å². The first-order chi connectivity index (χ1) is 7.82. The first-order valence-corrected chi connectivity index (χ1v) is 6.55. The van der Waals surface area contributed by atoms with E-state index in [2.05, 4.69) is 6.92 Å². The van der Waals surface area contributed by atoms with Gasteiger partial charge in [0.2, 0.25) is 0 Å². The minimum absolute atomic E-state index is 0.0397. The average molecular weight is 234 g/mol. The quantitative estimate of drug-likeness (QED) is 0.690. The smallest absolute Gasteiger partial charge is 0.145 e. The molecule has 1 N–H and O–H groups in total. The van der Waals surface area contributed by atoms with Crippen LogP contribution in [0.2, 0.25) is 0 Å². The van der Waals surface area contributed by atoms with Crippen molar-refractivity contribution < 1.29 is 14.7 Å². The van der Waals surface area contributed by atoms with Gasteiger partial charge in [0.25, 0.3) is 0 Å². The minimum atomic E-state index is -1.16. The van der Waals surface area contributed by atoms with Crippen LogP contribution in [-0.4, -0.2) is 22.8 Å². The van der Waals surface area contributed by atoms with Crippen molar-refractivity contribution in [3.8, 4) is 0 Å². The molecule has 8 atom stereocenters. The lowest BCUT2D eigenvalue weighted by molar-refractivity contribution is -0.163. The Bertz CT molecular complexity index is 468. The van der Waals surface area contributed by atoms with Crippen molar-refractivity contribution in [3.05, 3.63) is 0 Å². The van der Waals surface area contributed by atoms with Gasteiger partial charge in [0, 0.05) is 5.92 Å². The number of fused-ring (bicyclic) bond motifs is 2. The average Bonchev–Trinajstić information content (AvgIpc) is 2.85. The molecule has 3 heteroatoms. The summed E-state index contributed by atoms with van der Waals surface area (Å²) in [7, 11) is 0. The highest BCUT2D eigenvalue weighted by atomic mass is 16.3. The van der Waals surface area contributed by atoms with Gasteiger partial charge >= 0.3 is 0 Å². The van der Waals surface area contributed by atoms with E-state index in [1.54, 1.807) is 6.92 Å². The van der Waals surface area contributed by atoms with E-state index in [4.69, 9.17) is 0 Å². The Hall–Kier alpha value is -0.700. The molecule has 4 aliphatic carbocycles. The summed E-state index contributed by atoms with van der Waals surface area (Å²) < 4.78 is 0. The van der Waals surface area contributed by atoms with Crippen molar-refractivity contribution >= 4 is 12.1 Å². The Morgan fingerprint density at radius 2 is 1.94 bits per heavy atom. The van der Waals surface area contributed by atoms with Crippen LogP contribution in [0, 0.1) is 40.4 Å². The number of carbonyl (C=O) groups is 2. The summed E-state index contributed by atoms with van der Waals surface area (Å²) in [5, 5.41) is 10.7. The molecule has 4 fully saturated rings. The zero-order valence-corrected chi connectivity index (χ0v) is 10.4. The zero-order chi connectivity index (χ0) is 12.4. The third-order valence-electron chi connectivity index (χ3n) is 6.97. The summed E-state index contributed by atoms with van der Waals surface area (Å²) >= 11 is 0. The predicted octanol–water partition coefficient (Wildman–Crippen LogP) is 1.04. The van der Waals surface area contributed by atoms with Gasteiger partial charge in [0.1, 0.15) is 12.1 Å². The molecule has 17 heavy (non-hydrogen) atoms. The summed E-state index contributed by atoms with van der Waals surface area (Å²) in [6.45, 7) is 5.66. The number of aldehydes is 1. The predicted molar refractivity (Wildman–Crippen MR) is 60.0 cm³/mol. The van der Waals surface area contributed by atoms with E-state index in [9.17, 15) is 14.7 Å². The topological polar surface area (TPSA) is 54.4 Å². The monoisotopic (exact) mass is 234 g/mol. The lowest BCUT2D eigenvalue weighted by Crippen LogP contribution is -2.58. The first-order valence-electron chi connectivity index (χ1n) is 6.55. The first kappa shape index (κ1) is 10.2. The number of hydrogen-bond donors (Lipinski definition) is 1. The molecule has 0 radical (unpaired) electrons. The SMILES string of the molecule is CC12C3C(=O)C(C)(C1C1CC13)[C@](C)(O)[C@@H]2C=O. The van der Waals surface area contributed by atoms with Crippen molar-refractivity contribution in [1.29, 1.82) is 0 Å². The van der Waals surface area contributed by atoms with E-state index in [1.165, 1.54) is 0 Å². The second kappa shape index (κ2) is 2.25. The molecule has 4 rings (SSSR count). The zero-order valence-electron chi connectivity index (χ0n) is 10.4. The maximum absolute atomic E-state index is 12.6. The van der Waals surface area contributed by atoms with Gasteiger partial charge in [-0.05, 0) is 43.4 Å². The maximum Gasteiger partial charge on any atom is 0.145 e. The van der Waals surface area contributed by atoms with Gasteiger partial charge in [0.05, 0.1) is 16.9 Å². The van der Waals surface area contributed by atoms with Crippen LogP contribution in [0.5, 0.6) is 0 Å². The van der Waals surface area contributed by atoms with Gasteiger partial charge in [-0.3, -0.25) is 4.79 Å². The van der Waals surface area contributed by atoms with Crippen LogP contribution < -0.4 is 0 Å². The second-order valence-corrected chi connectivity index (χ2v) is 7.21. The normalized spacial score (nSPS) is 70.6. The largest absolute Gasteiger partial charge is 0.388 e. The molecule has 4 aliphatic rings. The van der Waals surface area contributed by atoms with Gasteiger partial charge in [-0.1, -0.05) is 6.92 Å². The Morgan fingerprint density at radius 3 is 2.53 bits per heavy atom. The molecule has 92 valence electrons. The van der Waals surface area contributed by atoms with E-state index in [0.29, 0.717) is 11.8 Å². The van der Waals surface area contributed by atoms with E-state index < -0.39 is 11.0 Å². The summed E-state index contributed by atoms with van der Waals surface area (Å²) in [6, 6.07) is 0. The van der Waals surface area contributed by atoms with Gasteiger partial charge in [-0.25, -0.2) is 0 Å². The molecule has 0 amide bonds. The molecule has 0 aromatic heterocycles. The molecule has 0 saturated heterocycles. The van der Waals surface area contributed by atoms with Crippen LogP contribution in [-0.2, 0) is 9.59 Å².